The number of nitro benzene ring substituents is 1. The molecule has 0 radical (unpaired) electrons. The lowest BCUT2D eigenvalue weighted by Crippen LogP contribution is -2.33. The molecule has 1 aromatic heterocycles. The third-order valence-electron chi connectivity index (χ3n) is 5.19. The number of aromatic nitrogens is 1. The van der Waals surface area contributed by atoms with Crippen molar-refractivity contribution in [2.45, 2.75) is 25.8 Å². The van der Waals surface area contributed by atoms with Crippen LogP contribution in [0.1, 0.15) is 30.4 Å². The first kappa shape index (κ1) is 21.3. The highest BCUT2D eigenvalue weighted by molar-refractivity contribution is 5.93. The first-order valence-electron chi connectivity index (χ1n) is 9.54. The molecular weight excluding hydrogens is 388 g/mol. The summed E-state index contributed by atoms with van der Waals surface area (Å²) < 4.78 is 1.53. The highest BCUT2D eigenvalue weighted by Crippen LogP contribution is 2.42. The molecule has 2 N–H and O–H groups in total. The summed E-state index contributed by atoms with van der Waals surface area (Å²) in [5, 5.41) is 24.5. The maximum Gasteiger partial charge on any atom is 0.334 e. The van der Waals surface area contributed by atoms with E-state index in [1.807, 2.05) is 19.0 Å². The number of pyridine rings is 1. The van der Waals surface area contributed by atoms with Crippen LogP contribution in [-0.4, -0.2) is 46.1 Å². The molecule has 1 aromatic carbocycles. The number of fused-ring (bicyclic) bond motifs is 1. The van der Waals surface area contributed by atoms with Crippen LogP contribution in [0.3, 0.4) is 0 Å². The molecule has 0 fully saturated rings. The second-order valence-corrected chi connectivity index (χ2v) is 7.52. The smallest absolute Gasteiger partial charge is 0.334 e. The third-order valence-corrected chi connectivity index (χ3v) is 5.19. The van der Waals surface area contributed by atoms with Crippen molar-refractivity contribution in [2.24, 2.45) is 0 Å². The van der Waals surface area contributed by atoms with Gasteiger partial charge in [0.15, 0.2) is 0 Å². The van der Waals surface area contributed by atoms with Gasteiger partial charge in [0.2, 0.25) is 0 Å². The summed E-state index contributed by atoms with van der Waals surface area (Å²) in [5.74, 6) is -2.27. The van der Waals surface area contributed by atoms with E-state index in [2.05, 4.69) is 5.32 Å². The minimum Gasteiger partial charge on any atom is -0.478 e. The van der Waals surface area contributed by atoms with E-state index in [0.29, 0.717) is 17.9 Å². The molecule has 0 aliphatic carbocycles. The number of carboxylic acid groups (broad SMARTS) is 1. The molecule has 1 atom stereocenters. The Balaban J connectivity index is 2.22. The van der Waals surface area contributed by atoms with Gasteiger partial charge in [0, 0.05) is 35.8 Å². The van der Waals surface area contributed by atoms with E-state index in [9.17, 15) is 24.8 Å². The molecule has 2 heterocycles. The maximum atomic E-state index is 13.4. The third kappa shape index (κ3) is 3.97. The van der Waals surface area contributed by atoms with E-state index < -0.39 is 16.8 Å². The first-order valence-corrected chi connectivity index (χ1v) is 9.54. The van der Waals surface area contributed by atoms with Crippen LogP contribution in [0.4, 0.5) is 11.4 Å². The van der Waals surface area contributed by atoms with E-state index in [1.165, 1.54) is 22.8 Å². The minimum atomic E-state index is -1.23. The number of nitrogens with one attached hydrogen (secondary N) is 1. The van der Waals surface area contributed by atoms with Gasteiger partial charge in [-0.05, 0) is 40.1 Å². The number of hydrogen-bond acceptors (Lipinski definition) is 6. The molecule has 1 aliphatic heterocycles. The quantitative estimate of drug-likeness (QED) is 0.530. The number of carbonyl (C=O) groups is 1. The predicted molar refractivity (Wildman–Crippen MR) is 113 cm³/mol. The van der Waals surface area contributed by atoms with Crippen LogP contribution < -0.4 is 10.9 Å². The molecule has 3 rings (SSSR count). The van der Waals surface area contributed by atoms with E-state index in [1.54, 1.807) is 25.3 Å². The van der Waals surface area contributed by atoms with Crippen LogP contribution in [0.5, 0.6) is 0 Å². The summed E-state index contributed by atoms with van der Waals surface area (Å²) in [6.07, 6.45) is 2.40. The molecule has 1 aliphatic rings. The van der Waals surface area contributed by atoms with Gasteiger partial charge in [-0.3, -0.25) is 14.9 Å². The van der Waals surface area contributed by atoms with Crippen molar-refractivity contribution in [2.75, 3.05) is 26.0 Å². The number of aryl methyl sites for hydroxylation is 1. The Hall–Kier alpha value is -3.46. The number of nitrogens with zero attached hydrogens (tertiary/aromatic N) is 3. The van der Waals surface area contributed by atoms with Crippen LogP contribution in [0, 0.1) is 10.1 Å². The number of hydrogen-bond donors (Lipinski definition) is 2. The summed E-state index contributed by atoms with van der Waals surface area (Å²) >= 11 is 0. The van der Waals surface area contributed by atoms with Gasteiger partial charge in [0.05, 0.1) is 22.0 Å². The Bertz CT molecular complexity index is 1090. The van der Waals surface area contributed by atoms with Gasteiger partial charge in [-0.1, -0.05) is 18.2 Å². The topological polar surface area (TPSA) is 118 Å². The molecule has 2 aromatic rings. The number of aliphatic carboxylic acids is 1. The summed E-state index contributed by atoms with van der Waals surface area (Å²) in [6, 6.07) is 7.68. The highest BCUT2D eigenvalue weighted by Gasteiger charge is 2.38. The molecule has 0 amide bonds. The second-order valence-electron chi connectivity index (χ2n) is 7.52. The molecule has 0 saturated carbocycles. The van der Waals surface area contributed by atoms with Gasteiger partial charge in [-0.15, -0.1) is 0 Å². The fraction of sp³-hybridized carbons (Fsp3) is 0.333. The fourth-order valence-electron chi connectivity index (χ4n) is 3.84. The number of allylic oxidation sites excluding steroid dienone is 1. The lowest BCUT2D eigenvalue weighted by molar-refractivity contribution is -0.385. The largest absolute Gasteiger partial charge is 0.478 e. The minimum absolute atomic E-state index is 0.0695. The summed E-state index contributed by atoms with van der Waals surface area (Å²) in [4.78, 5) is 38.5. The summed E-state index contributed by atoms with van der Waals surface area (Å²) in [6.45, 7) is 2.84. The lowest BCUT2D eigenvalue weighted by Gasteiger charge is -2.29. The molecule has 9 nitrogen and oxygen atoms in total. The van der Waals surface area contributed by atoms with Crippen molar-refractivity contribution in [1.29, 1.82) is 0 Å². The number of para-hydroxylation sites is 1. The zero-order valence-electron chi connectivity index (χ0n) is 17.1. The van der Waals surface area contributed by atoms with Gasteiger partial charge >= 0.3 is 5.97 Å². The van der Waals surface area contributed by atoms with Crippen molar-refractivity contribution in [1.82, 2.24) is 9.47 Å². The molecule has 158 valence electrons. The Morgan fingerprint density at radius 2 is 2.00 bits per heavy atom. The normalized spacial score (nSPS) is 15.7. The zero-order chi connectivity index (χ0) is 22.0. The summed E-state index contributed by atoms with van der Waals surface area (Å²) in [7, 11) is 3.88. The van der Waals surface area contributed by atoms with E-state index in [-0.39, 0.29) is 27.9 Å². The second kappa shape index (κ2) is 8.50. The van der Waals surface area contributed by atoms with Crippen molar-refractivity contribution < 1.29 is 14.8 Å². The number of rotatable bonds is 7. The van der Waals surface area contributed by atoms with Crippen molar-refractivity contribution in [3.8, 4) is 0 Å². The number of benzene rings is 1. The Morgan fingerprint density at radius 1 is 1.30 bits per heavy atom. The molecule has 0 bridgehead atoms. The highest BCUT2D eigenvalue weighted by atomic mass is 16.6. The maximum absolute atomic E-state index is 13.4. The Labute approximate surface area is 173 Å². The Kier molecular flexibility index (Phi) is 6.02. The summed E-state index contributed by atoms with van der Waals surface area (Å²) in [5.41, 5.74) is 0.569. The number of anilines is 1. The van der Waals surface area contributed by atoms with Crippen LogP contribution in [-0.2, 0) is 11.3 Å². The lowest BCUT2D eigenvalue weighted by atomic mass is 9.80. The number of carboxylic acids is 1. The molecule has 30 heavy (non-hydrogen) atoms. The zero-order valence-corrected chi connectivity index (χ0v) is 17.1. The fourth-order valence-corrected chi connectivity index (χ4v) is 3.84. The van der Waals surface area contributed by atoms with Crippen LogP contribution in [0.2, 0.25) is 0 Å². The van der Waals surface area contributed by atoms with Crippen LogP contribution >= 0.6 is 0 Å². The molecular formula is C21H24N4O5. The Morgan fingerprint density at radius 3 is 2.63 bits per heavy atom. The molecule has 1 unspecified atom stereocenters. The number of nitro groups is 1. The monoisotopic (exact) mass is 412 g/mol. The van der Waals surface area contributed by atoms with Crippen molar-refractivity contribution >= 4 is 17.3 Å². The van der Waals surface area contributed by atoms with Crippen LogP contribution in [0.15, 0.2) is 52.6 Å². The SMILES string of the molecule is CC1=C(C(=O)O)C(c2ccccc2[N+](=O)[O-])c2c(ccn(CCCN(C)C)c2=O)N1. The van der Waals surface area contributed by atoms with Gasteiger partial charge < -0.3 is 19.9 Å². The van der Waals surface area contributed by atoms with Gasteiger partial charge in [-0.25, -0.2) is 4.79 Å². The van der Waals surface area contributed by atoms with Gasteiger partial charge in [-0.2, -0.15) is 0 Å². The van der Waals surface area contributed by atoms with Crippen molar-refractivity contribution in [3.63, 3.8) is 0 Å². The van der Waals surface area contributed by atoms with E-state index in [0.717, 1.165) is 13.0 Å². The average Bonchev–Trinajstić information content (AvgIpc) is 2.68. The standard InChI is InChI=1S/C21H24N4O5/c1-13-17(21(27)28)18(14-7-4-5-8-16(14)25(29)30)19-15(22-13)9-12-24(20(19)26)11-6-10-23(2)3/h4-5,7-9,12,18,22H,6,10-11H2,1-3H3,(H,27,28). The van der Waals surface area contributed by atoms with Crippen LogP contribution in [0.25, 0.3) is 0 Å². The van der Waals surface area contributed by atoms with Gasteiger partial charge in [0.25, 0.3) is 11.2 Å². The molecule has 9 heteroatoms. The molecule has 0 saturated heterocycles. The van der Waals surface area contributed by atoms with Gasteiger partial charge in [0.1, 0.15) is 0 Å². The van der Waals surface area contributed by atoms with Crippen molar-refractivity contribution in [3.05, 3.63) is 79.4 Å². The predicted octanol–water partition coefficient (Wildman–Crippen LogP) is 2.62. The molecule has 0 spiro atoms. The van der Waals surface area contributed by atoms with E-state index >= 15 is 0 Å². The first-order chi connectivity index (χ1) is 14.2. The average molecular weight is 412 g/mol. The van der Waals surface area contributed by atoms with E-state index in [4.69, 9.17) is 0 Å².